The van der Waals surface area contributed by atoms with Gasteiger partial charge in [0.15, 0.2) is 0 Å². The summed E-state index contributed by atoms with van der Waals surface area (Å²) >= 11 is 0. The summed E-state index contributed by atoms with van der Waals surface area (Å²) < 4.78 is 25.9. The molecule has 1 fully saturated rings. The number of halogens is 2. The van der Waals surface area contributed by atoms with Gasteiger partial charge in [0.25, 0.3) is 0 Å². The molecule has 1 atom stereocenters. The molecule has 1 aromatic carbocycles. The van der Waals surface area contributed by atoms with Crippen molar-refractivity contribution in [2.24, 2.45) is 0 Å². The monoisotopic (exact) mass is 240 g/mol. The fraction of sp³-hybridized carbons (Fsp3) is 0.538. The number of nitrogens with zero attached hydrogens (tertiary/aromatic N) is 1. The van der Waals surface area contributed by atoms with Crippen molar-refractivity contribution in [3.8, 4) is 0 Å². The molecule has 1 saturated heterocycles. The van der Waals surface area contributed by atoms with Crippen LogP contribution in [0.3, 0.4) is 0 Å². The molecule has 2 nitrogen and oxygen atoms in total. The first-order valence-electron chi connectivity index (χ1n) is 6.07. The maximum absolute atomic E-state index is 13.2. The summed E-state index contributed by atoms with van der Waals surface area (Å²) in [5, 5.41) is 3.27. The van der Waals surface area contributed by atoms with Gasteiger partial charge in [-0.15, -0.1) is 0 Å². The molecule has 0 aliphatic carbocycles. The fourth-order valence-corrected chi connectivity index (χ4v) is 2.37. The van der Waals surface area contributed by atoms with E-state index in [2.05, 4.69) is 10.2 Å². The molecule has 0 amide bonds. The topological polar surface area (TPSA) is 15.3 Å². The zero-order valence-corrected chi connectivity index (χ0v) is 9.83. The van der Waals surface area contributed by atoms with Crippen LogP contribution in [0, 0.1) is 5.82 Å². The Hall–Kier alpha value is -1.00. The van der Waals surface area contributed by atoms with E-state index in [1.165, 1.54) is 12.1 Å². The van der Waals surface area contributed by atoms with Gasteiger partial charge in [-0.1, -0.05) is 12.1 Å². The molecule has 4 heteroatoms. The molecule has 1 aliphatic rings. The van der Waals surface area contributed by atoms with E-state index >= 15 is 0 Å². The van der Waals surface area contributed by atoms with Gasteiger partial charge < -0.3 is 5.32 Å². The number of benzene rings is 1. The number of piperazine rings is 1. The molecule has 1 aliphatic heterocycles. The maximum Gasteiger partial charge on any atom is 0.123 e. The van der Waals surface area contributed by atoms with Crippen molar-refractivity contribution in [2.75, 3.05) is 32.9 Å². The van der Waals surface area contributed by atoms with Crippen LogP contribution in [-0.2, 0) is 0 Å². The molecule has 1 aromatic rings. The zero-order valence-electron chi connectivity index (χ0n) is 9.83. The zero-order chi connectivity index (χ0) is 12.1. The summed E-state index contributed by atoms with van der Waals surface area (Å²) in [6, 6.07) is 6.51. The van der Waals surface area contributed by atoms with Gasteiger partial charge in [-0.2, -0.15) is 0 Å². The molecule has 0 aromatic heterocycles. The lowest BCUT2D eigenvalue weighted by molar-refractivity contribution is 0.157. The maximum atomic E-state index is 13.2. The second-order valence-electron chi connectivity index (χ2n) is 4.33. The predicted octanol–water partition coefficient (Wildman–Crippen LogP) is 2.13. The number of hydrogen-bond acceptors (Lipinski definition) is 2. The van der Waals surface area contributed by atoms with Crippen LogP contribution >= 0.6 is 0 Å². The van der Waals surface area contributed by atoms with Gasteiger partial charge in [0, 0.05) is 32.2 Å². The Kier molecular flexibility index (Phi) is 4.45. The van der Waals surface area contributed by atoms with Crippen LogP contribution in [0.15, 0.2) is 24.3 Å². The lowest BCUT2D eigenvalue weighted by Crippen LogP contribution is -2.45. The van der Waals surface area contributed by atoms with Crippen molar-refractivity contribution in [3.05, 3.63) is 35.6 Å². The van der Waals surface area contributed by atoms with Crippen LogP contribution in [-0.4, -0.2) is 37.8 Å². The van der Waals surface area contributed by atoms with Gasteiger partial charge in [0.05, 0.1) is 6.67 Å². The fourth-order valence-electron chi connectivity index (χ4n) is 2.37. The van der Waals surface area contributed by atoms with Crippen molar-refractivity contribution in [1.29, 1.82) is 0 Å². The molecule has 0 unspecified atom stereocenters. The van der Waals surface area contributed by atoms with E-state index in [1.807, 2.05) is 6.07 Å². The highest BCUT2D eigenvalue weighted by Crippen LogP contribution is 2.25. The minimum atomic E-state index is -0.370. The van der Waals surface area contributed by atoms with Crippen molar-refractivity contribution < 1.29 is 8.78 Å². The molecule has 17 heavy (non-hydrogen) atoms. The van der Waals surface area contributed by atoms with E-state index in [9.17, 15) is 8.78 Å². The first kappa shape index (κ1) is 12.5. The molecular weight excluding hydrogens is 222 g/mol. The van der Waals surface area contributed by atoms with E-state index in [0.717, 1.165) is 31.7 Å². The highest BCUT2D eigenvalue weighted by Gasteiger charge is 2.21. The Morgan fingerprint density at radius 2 is 2.06 bits per heavy atom. The van der Waals surface area contributed by atoms with Crippen LogP contribution in [0.2, 0.25) is 0 Å². The normalized spacial score (nSPS) is 19.2. The van der Waals surface area contributed by atoms with Gasteiger partial charge in [0.2, 0.25) is 0 Å². The third-order valence-electron chi connectivity index (χ3n) is 3.21. The van der Waals surface area contributed by atoms with Crippen LogP contribution in [0.25, 0.3) is 0 Å². The minimum Gasteiger partial charge on any atom is -0.314 e. The predicted molar refractivity (Wildman–Crippen MR) is 64.2 cm³/mol. The SMILES string of the molecule is FCC[C@H](c1cccc(F)c1)N1CCNCC1. The quantitative estimate of drug-likeness (QED) is 0.867. The van der Waals surface area contributed by atoms with Crippen LogP contribution in [0.1, 0.15) is 18.0 Å². The van der Waals surface area contributed by atoms with Gasteiger partial charge in [0.1, 0.15) is 5.82 Å². The molecule has 0 spiro atoms. The summed E-state index contributed by atoms with van der Waals surface area (Å²) in [6.07, 6.45) is 0.434. The van der Waals surface area contributed by atoms with Crippen molar-refractivity contribution in [1.82, 2.24) is 10.2 Å². The van der Waals surface area contributed by atoms with Gasteiger partial charge in [-0.05, 0) is 24.1 Å². The highest BCUT2D eigenvalue weighted by atomic mass is 19.1. The van der Waals surface area contributed by atoms with Crippen molar-refractivity contribution in [3.63, 3.8) is 0 Å². The third-order valence-corrected chi connectivity index (χ3v) is 3.21. The third kappa shape index (κ3) is 3.23. The minimum absolute atomic E-state index is 0.00204. The van der Waals surface area contributed by atoms with E-state index in [-0.39, 0.29) is 18.5 Å². The van der Waals surface area contributed by atoms with Crippen LogP contribution in [0.5, 0.6) is 0 Å². The van der Waals surface area contributed by atoms with E-state index in [1.54, 1.807) is 6.07 Å². The average Bonchev–Trinajstić information content (AvgIpc) is 2.37. The number of rotatable bonds is 4. The number of hydrogen-bond donors (Lipinski definition) is 1. The second kappa shape index (κ2) is 6.07. The number of nitrogens with one attached hydrogen (secondary N) is 1. The summed E-state index contributed by atoms with van der Waals surface area (Å²) in [5.74, 6) is -0.249. The Labute approximate surface area is 101 Å². The van der Waals surface area contributed by atoms with Crippen LogP contribution < -0.4 is 5.32 Å². The lowest BCUT2D eigenvalue weighted by Gasteiger charge is -2.34. The Balaban J connectivity index is 2.15. The molecule has 1 N–H and O–H groups in total. The second-order valence-corrected chi connectivity index (χ2v) is 4.33. The van der Waals surface area contributed by atoms with Crippen LogP contribution in [0.4, 0.5) is 8.78 Å². The Bertz CT molecular complexity index is 351. The van der Waals surface area contributed by atoms with Crippen molar-refractivity contribution >= 4 is 0 Å². The number of alkyl halides is 1. The van der Waals surface area contributed by atoms with Gasteiger partial charge >= 0.3 is 0 Å². The first-order chi connectivity index (χ1) is 8.31. The molecule has 0 bridgehead atoms. The summed E-state index contributed by atoms with van der Waals surface area (Å²) in [5.41, 5.74) is 0.879. The Morgan fingerprint density at radius 3 is 2.71 bits per heavy atom. The van der Waals surface area contributed by atoms with E-state index < -0.39 is 0 Å². The smallest absolute Gasteiger partial charge is 0.123 e. The first-order valence-corrected chi connectivity index (χ1v) is 6.07. The molecule has 0 radical (unpaired) electrons. The van der Waals surface area contributed by atoms with Gasteiger partial charge in [-0.3, -0.25) is 9.29 Å². The average molecular weight is 240 g/mol. The standard InChI is InChI=1S/C13H18F2N2/c14-5-4-13(17-8-6-16-7-9-17)11-2-1-3-12(15)10-11/h1-3,10,13,16H,4-9H2/t13-/m1/s1. The van der Waals surface area contributed by atoms with Gasteiger partial charge in [-0.25, -0.2) is 4.39 Å². The molecule has 94 valence electrons. The van der Waals surface area contributed by atoms with E-state index in [4.69, 9.17) is 0 Å². The largest absolute Gasteiger partial charge is 0.314 e. The molecule has 1 heterocycles. The lowest BCUT2D eigenvalue weighted by atomic mass is 10.0. The summed E-state index contributed by atoms with van der Waals surface area (Å²) in [6.45, 7) is 3.24. The summed E-state index contributed by atoms with van der Waals surface area (Å²) in [7, 11) is 0. The van der Waals surface area contributed by atoms with Crippen molar-refractivity contribution in [2.45, 2.75) is 12.5 Å². The summed E-state index contributed by atoms with van der Waals surface area (Å²) in [4.78, 5) is 2.23. The highest BCUT2D eigenvalue weighted by molar-refractivity contribution is 5.20. The molecular formula is C13H18F2N2. The molecule has 0 saturated carbocycles. The van der Waals surface area contributed by atoms with E-state index in [0.29, 0.717) is 6.42 Å². The molecule has 2 rings (SSSR count). The Morgan fingerprint density at radius 1 is 1.29 bits per heavy atom.